The highest BCUT2D eigenvalue weighted by atomic mass is 16.1. The van der Waals surface area contributed by atoms with Gasteiger partial charge in [-0.2, -0.15) is 5.10 Å². The van der Waals surface area contributed by atoms with Crippen molar-refractivity contribution in [2.75, 3.05) is 0 Å². The molecular formula is C15H10N6O. The Morgan fingerprint density at radius 3 is 2.95 bits per heavy atom. The van der Waals surface area contributed by atoms with Crippen LogP contribution < -0.4 is 0 Å². The SMILES string of the molecule is O=Cc1cnc2c(cnn2-c2cccc(-c3nnc[nH]3)c2)c1. The molecule has 0 saturated carbocycles. The lowest BCUT2D eigenvalue weighted by molar-refractivity contribution is 0.112. The number of H-pyrrole nitrogens is 1. The first-order valence-electron chi connectivity index (χ1n) is 6.61. The zero-order valence-electron chi connectivity index (χ0n) is 11.3. The van der Waals surface area contributed by atoms with Crippen molar-refractivity contribution in [2.24, 2.45) is 0 Å². The summed E-state index contributed by atoms with van der Waals surface area (Å²) in [4.78, 5) is 18.1. The van der Waals surface area contributed by atoms with Crippen LogP contribution >= 0.6 is 0 Å². The lowest BCUT2D eigenvalue weighted by Gasteiger charge is -2.04. The van der Waals surface area contributed by atoms with Crippen LogP contribution in [0.3, 0.4) is 0 Å². The summed E-state index contributed by atoms with van der Waals surface area (Å²) in [7, 11) is 0. The molecule has 1 aromatic carbocycles. The Hall–Kier alpha value is -3.35. The maximum absolute atomic E-state index is 10.8. The summed E-state index contributed by atoms with van der Waals surface area (Å²) in [6, 6.07) is 9.50. The number of fused-ring (bicyclic) bond motifs is 1. The molecule has 106 valence electrons. The third-order valence-electron chi connectivity index (χ3n) is 3.35. The number of hydrogen-bond acceptors (Lipinski definition) is 5. The predicted octanol–water partition coefficient (Wildman–Crippen LogP) is 2.02. The van der Waals surface area contributed by atoms with Crippen LogP contribution in [0.1, 0.15) is 10.4 Å². The quantitative estimate of drug-likeness (QED) is 0.583. The molecule has 0 aliphatic carbocycles. The fourth-order valence-electron chi connectivity index (χ4n) is 2.32. The highest BCUT2D eigenvalue weighted by Gasteiger charge is 2.09. The molecule has 0 saturated heterocycles. The Balaban J connectivity index is 1.85. The summed E-state index contributed by atoms with van der Waals surface area (Å²) in [5.41, 5.74) is 2.99. The van der Waals surface area contributed by atoms with Crippen molar-refractivity contribution in [2.45, 2.75) is 0 Å². The lowest BCUT2D eigenvalue weighted by atomic mass is 10.2. The number of aromatic nitrogens is 6. The molecule has 1 N–H and O–H groups in total. The van der Waals surface area contributed by atoms with Crippen LogP contribution in [-0.2, 0) is 0 Å². The largest absolute Gasteiger partial charge is 0.328 e. The van der Waals surface area contributed by atoms with Crippen LogP contribution in [0.25, 0.3) is 28.1 Å². The predicted molar refractivity (Wildman–Crippen MR) is 79.6 cm³/mol. The zero-order valence-corrected chi connectivity index (χ0v) is 11.3. The van der Waals surface area contributed by atoms with Gasteiger partial charge < -0.3 is 4.98 Å². The van der Waals surface area contributed by atoms with Gasteiger partial charge >= 0.3 is 0 Å². The van der Waals surface area contributed by atoms with Crippen molar-refractivity contribution in [1.82, 2.24) is 29.9 Å². The van der Waals surface area contributed by atoms with Gasteiger partial charge in [0.05, 0.1) is 11.9 Å². The van der Waals surface area contributed by atoms with Crippen molar-refractivity contribution in [1.29, 1.82) is 0 Å². The van der Waals surface area contributed by atoms with Crippen molar-refractivity contribution >= 4 is 17.3 Å². The summed E-state index contributed by atoms with van der Waals surface area (Å²) in [6.07, 6.45) is 5.53. The minimum absolute atomic E-state index is 0.530. The van der Waals surface area contributed by atoms with Crippen LogP contribution in [0.5, 0.6) is 0 Å². The van der Waals surface area contributed by atoms with Crippen molar-refractivity contribution < 1.29 is 4.79 Å². The number of carbonyl (C=O) groups is 1. The van der Waals surface area contributed by atoms with E-state index in [2.05, 4.69) is 25.3 Å². The van der Waals surface area contributed by atoms with E-state index in [0.717, 1.165) is 22.9 Å². The standard InChI is InChI=1S/C15H10N6O/c22-8-10-4-12-7-19-21(15(12)16-6-10)13-3-1-2-11(5-13)14-17-9-18-20-14/h1-9H,(H,17,18,20). The third kappa shape index (κ3) is 1.96. The summed E-state index contributed by atoms with van der Waals surface area (Å²) < 4.78 is 1.73. The van der Waals surface area contributed by atoms with Crippen LogP contribution in [-0.4, -0.2) is 36.2 Å². The van der Waals surface area contributed by atoms with Gasteiger partial charge in [0.15, 0.2) is 17.8 Å². The molecule has 0 aliphatic rings. The first-order valence-corrected chi connectivity index (χ1v) is 6.61. The molecule has 0 amide bonds. The molecule has 0 radical (unpaired) electrons. The molecule has 4 aromatic rings. The van der Waals surface area contributed by atoms with Gasteiger partial charge in [0.25, 0.3) is 0 Å². The Kier molecular flexibility index (Phi) is 2.75. The third-order valence-corrected chi connectivity index (χ3v) is 3.35. The Bertz CT molecular complexity index is 957. The number of pyridine rings is 1. The van der Waals surface area contributed by atoms with Crippen LogP contribution in [0.15, 0.2) is 49.1 Å². The van der Waals surface area contributed by atoms with Gasteiger partial charge in [-0.25, -0.2) is 9.67 Å². The highest BCUT2D eigenvalue weighted by Crippen LogP contribution is 2.21. The average molecular weight is 290 g/mol. The molecule has 22 heavy (non-hydrogen) atoms. The molecule has 4 rings (SSSR count). The van der Waals surface area contributed by atoms with Gasteiger partial charge in [-0.1, -0.05) is 12.1 Å². The fraction of sp³-hybridized carbons (Fsp3) is 0. The van der Waals surface area contributed by atoms with Crippen molar-refractivity contribution in [3.05, 3.63) is 54.6 Å². The number of benzene rings is 1. The van der Waals surface area contributed by atoms with E-state index in [-0.39, 0.29) is 0 Å². The molecule has 7 heteroatoms. The monoisotopic (exact) mass is 290 g/mol. The molecule has 0 atom stereocenters. The molecular weight excluding hydrogens is 280 g/mol. The lowest BCUT2D eigenvalue weighted by Crippen LogP contribution is -1.98. The van der Waals surface area contributed by atoms with E-state index in [1.165, 1.54) is 12.5 Å². The number of hydrogen-bond donors (Lipinski definition) is 1. The summed E-state index contributed by atoms with van der Waals surface area (Å²) in [5, 5.41) is 13.0. The first-order chi connectivity index (χ1) is 10.8. The van der Waals surface area contributed by atoms with E-state index in [1.54, 1.807) is 16.9 Å². The van der Waals surface area contributed by atoms with E-state index in [0.29, 0.717) is 17.0 Å². The minimum atomic E-state index is 0.530. The molecule has 3 aromatic heterocycles. The normalized spacial score (nSPS) is 10.9. The second-order valence-electron chi connectivity index (χ2n) is 4.74. The Labute approximate surface area is 124 Å². The average Bonchev–Trinajstić information content (AvgIpc) is 3.24. The van der Waals surface area contributed by atoms with Gasteiger partial charge in [0.1, 0.15) is 6.33 Å². The molecule has 3 heterocycles. The van der Waals surface area contributed by atoms with Gasteiger partial charge in [-0.15, -0.1) is 10.2 Å². The number of nitrogens with one attached hydrogen (secondary N) is 1. The van der Waals surface area contributed by atoms with Gasteiger partial charge in [-0.05, 0) is 18.2 Å². The van der Waals surface area contributed by atoms with Gasteiger partial charge in [0, 0.05) is 22.7 Å². The first kappa shape index (κ1) is 12.4. The second kappa shape index (κ2) is 4.88. The molecule has 0 aliphatic heterocycles. The summed E-state index contributed by atoms with van der Waals surface area (Å²) in [6.45, 7) is 0. The fourth-order valence-corrected chi connectivity index (χ4v) is 2.32. The highest BCUT2D eigenvalue weighted by molar-refractivity contribution is 5.84. The van der Waals surface area contributed by atoms with Crippen molar-refractivity contribution in [3.8, 4) is 17.1 Å². The molecule has 7 nitrogen and oxygen atoms in total. The number of rotatable bonds is 3. The Morgan fingerprint density at radius 2 is 2.14 bits per heavy atom. The van der Waals surface area contributed by atoms with E-state index in [4.69, 9.17) is 0 Å². The van der Waals surface area contributed by atoms with Crippen LogP contribution in [0.4, 0.5) is 0 Å². The molecule has 0 spiro atoms. The maximum Gasteiger partial charge on any atom is 0.162 e. The molecule has 0 bridgehead atoms. The zero-order chi connectivity index (χ0) is 14.9. The number of nitrogens with zero attached hydrogens (tertiary/aromatic N) is 5. The van der Waals surface area contributed by atoms with Crippen LogP contribution in [0, 0.1) is 0 Å². The van der Waals surface area contributed by atoms with Gasteiger partial charge in [0.2, 0.25) is 0 Å². The van der Waals surface area contributed by atoms with E-state index >= 15 is 0 Å². The molecule has 0 unspecified atom stereocenters. The van der Waals surface area contributed by atoms with E-state index in [1.807, 2.05) is 24.3 Å². The molecule has 0 fully saturated rings. The smallest absolute Gasteiger partial charge is 0.162 e. The van der Waals surface area contributed by atoms with Crippen molar-refractivity contribution in [3.63, 3.8) is 0 Å². The number of carbonyl (C=O) groups excluding carboxylic acids is 1. The Morgan fingerprint density at radius 1 is 1.18 bits per heavy atom. The number of aromatic amines is 1. The topological polar surface area (TPSA) is 89.3 Å². The second-order valence-corrected chi connectivity index (χ2v) is 4.74. The van der Waals surface area contributed by atoms with Gasteiger partial charge in [-0.3, -0.25) is 4.79 Å². The van der Waals surface area contributed by atoms with E-state index < -0.39 is 0 Å². The van der Waals surface area contributed by atoms with Crippen LogP contribution in [0.2, 0.25) is 0 Å². The van der Waals surface area contributed by atoms with E-state index in [9.17, 15) is 4.79 Å². The minimum Gasteiger partial charge on any atom is -0.328 e. The maximum atomic E-state index is 10.8. The summed E-state index contributed by atoms with van der Waals surface area (Å²) >= 11 is 0. The summed E-state index contributed by atoms with van der Waals surface area (Å²) in [5.74, 6) is 0.689. The number of aldehydes is 1.